The molecular weight excluding hydrogens is 288 g/mol. The summed E-state index contributed by atoms with van der Waals surface area (Å²) >= 11 is 0. The Bertz CT molecular complexity index is 505. The molecule has 2 N–H and O–H groups in total. The lowest BCUT2D eigenvalue weighted by Gasteiger charge is -2.39. The van der Waals surface area contributed by atoms with Crippen molar-refractivity contribution in [2.45, 2.75) is 12.5 Å². The maximum atomic E-state index is 12.3. The predicted molar refractivity (Wildman–Crippen MR) is 66.0 cm³/mol. The molecule has 116 valence electrons. The summed E-state index contributed by atoms with van der Waals surface area (Å²) in [6.07, 6.45) is -1.64. The lowest BCUT2D eigenvalue weighted by atomic mass is 9.93. The molecule has 11 nitrogen and oxygen atoms in total. The Morgan fingerprint density at radius 1 is 1.24 bits per heavy atom. The number of nitrogens with one attached hydrogen (secondary N) is 1. The minimum absolute atomic E-state index is 0.278. The van der Waals surface area contributed by atoms with Gasteiger partial charge in [0.1, 0.15) is 12.8 Å². The van der Waals surface area contributed by atoms with Gasteiger partial charge in [-0.25, -0.2) is 14.4 Å². The van der Waals surface area contributed by atoms with E-state index < -0.39 is 29.5 Å². The van der Waals surface area contributed by atoms with Gasteiger partial charge in [0, 0.05) is 14.1 Å². The zero-order valence-corrected chi connectivity index (χ0v) is 11.7. The number of hydrogen-bond acceptors (Lipinski definition) is 7. The Labute approximate surface area is 119 Å². The summed E-state index contributed by atoms with van der Waals surface area (Å²) in [5.41, 5.74) is -1.24. The molecule has 5 amide bonds. The van der Waals surface area contributed by atoms with E-state index in [0.717, 1.165) is 21.2 Å². The summed E-state index contributed by atoms with van der Waals surface area (Å²) in [6, 6.07) is -0.884. The minimum Gasteiger partial charge on any atom is -0.464 e. The summed E-state index contributed by atoms with van der Waals surface area (Å²) < 4.78 is 0. The highest BCUT2D eigenvalue weighted by Gasteiger charge is 2.60. The smallest absolute Gasteiger partial charge is 0.428 e. The zero-order valence-electron chi connectivity index (χ0n) is 11.7. The van der Waals surface area contributed by atoms with Crippen LogP contribution >= 0.6 is 0 Å². The van der Waals surface area contributed by atoms with Crippen molar-refractivity contribution < 1.29 is 34.0 Å². The number of rotatable bonds is 4. The van der Waals surface area contributed by atoms with Gasteiger partial charge in [-0.3, -0.25) is 19.4 Å². The van der Waals surface area contributed by atoms with Crippen LogP contribution in [0.4, 0.5) is 9.59 Å². The molecule has 0 bridgehead atoms. The van der Waals surface area contributed by atoms with Crippen molar-refractivity contribution in [2.75, 3.05) is 21.2 Å². The fraction of sp³-hybridized carbons (Fsp3) is 0.500. The maximum Gasteiger partial charge on any atom is 0.428 e. The summed E-state index contributed by atoms with van der Waals surface area (Å²) in [5.74, 6) is -2.19. The average molecular weight is 302 g/mol. The van der Waals surface area contributed by atoms with Crippen LogP contribution in [0.5, 0.6) is 0 Å². The standard InChI is InChI=1S/C10H14N4O7/c1-5(11-20-4)10(21-12-8(17)18)6(15)13(2)9(19)14(3)7(10)16/h12H,1-4H3,(H,17,18). The van der Waals surface area contributed by atoms with Gasteiger partial charge in [-0.05, 0) is 6.92 Å². The molecule has 1 fully saturated rings. The van der Waals surface area contributed by atoms with Gasteiger partial charge in [-0.1, -0.05) is 5.16 Å². The fourth-order valence-corrected chi connectivity index (χ4v) is 1.75. The van der Waals surface area contributed by atoms with Gasteiger partial charge in [0.15, 0.2) is 0 Å². The number of urea groups is 1. The number of carbonyl (C=O) groups excluding carboxylic acids is 3. The van der Waals surface area contributed by atoms with E-state index in [0.29, 0.717) is 9.80 Å². The number of carboxylic acid groups (broad SMARTS) is 1. The Morgan fingerprint density at radius 3 is 2.10 bits per heavy atom. The highest BCUT2D eigenvalue weighted by atomic mass is 16.7. The summed E-state index contributed by atoms with van der Waals surface area (Å²) in [6.45, 7) is 1.22. The summed E-state index contributed by atoms with van der Waals surface area (Å²) in [4.78, 5) is 57.4. The van der Waals surface area contributed by atoms with E-state index in [9.17, 15) is 19.2 Å². The van der Waals surface area contributed by atoms with Crippen molar-refractivity contribution >= 4 is 29.7 Å². The molecule has 0 aliphatic carbocycles. The van der Waals surface area contributed by atoms with Crippen molar-refractivity contribution in [3.8, 4) is 0 Å². The van der Waals surface area contributed by atoms with E-state index in [4.69, 9.17) is 9.94 Å². The van der Waals surface area contributed by atoms with E-state index in [1.54, 1.807) is 0 Å². The number of likely N-dealkylation sites (N-methyl/N-ethyl adjacent to an activating group) is 2. The van der Waals surface area contributed by atoms with Gasteiger partial charge >= 0.3 is 12.1 Å². The van der Waals surface area contributed by atoms with E-state index in [2.05, 4.69) is 9.99 Å². The number of oxime groups is 1. The van der Waals surface area contributed by atoms with Gasteiger partial charge in [-0.2, -0.15) is 5.48 Å². The van der Waals surface area contributed by atoms with E-state index in [1.165, 1.54) is 12.4 Å². The number of nitrogens with zero attached hydrogens (tertiary/aromatic N) is 3. The van der Waals surface area contributed by atoms with Gasteiger partial charge in [0.2, 0.25) is 0 Å². The molecule has 1 rings (SSSR count). The normalized spacial score (nSPS) is 18.9. The van der Waals surface area contributed by atoms with Gasteiger partial charge in [0.05, 0.1) is 0 Å². The molecule has 0 radical (unpaired) electrons. The third kappa shape index (κ3) is 2.50. The first kappa shape index (κ1) is 16.4. The fourth-order valence-electron chi connectivity index (χ4n) is 1.75. The topological polar surface area (TPSA) is 138 Å². The lowest BCUT2D eigenvalue weighted by Crippen LogP contribution is -2.72. The van der Waals surface area contributed by atoms with Crippen LogP contribution < -0.4 is 5.48 Å². The second kappa shape index (κ2) is 5.75. The number of hydrogen-bond donors (Lipinski definition) is 2. The zero-order chi connectivity index (χ0) is 16.4. The first-order chi connectivity index (χ1) is 9.70. The molecule has 1 saturated heterocycles. The molecule has 0 aromatic rings. The van der Waals surface area contributed by atoms with Crippen LogP contribution in [0, 0.1) is 0 Å². The van der Waals surface area contributed by atoms with Crippen LogP contribution in [0.25, 0.3) is 0 Å². The molecule has 21 heavy (non-hydrogen) atoms. The molecule has 0 unspecified atom stereocenters. The Hall–Kier alpha value is -2.69. The number of amides is 5. The first-order valence-corrected chi connectivity index (χ1v) is 5.55. The average Bonchev–Trinajstić information content (AvgIpc) is 2.43. The Balaban J connectivity index is 3.42. The molecule has 11 heteroatoms. The lowest BCUT2D eigenvalue weighted by molar-refractivity contribution is -0.171. The molecular formula is C10H14N4O7. The van der Waals surface area contributed by atoms with Crippen molar-refractivity contribution in [1.82, 2.24) is 15.3 Å². The second-order valence-electron chi connectivity index (χ2n) is 4.06. The highest BCUT2D eigenvalue weighted by molar-refractivity contribution is 6.34. The van der Waals surface area contributed by atoms with Crippen molar-refractivity contribution in [3.05, 3.63) is 0 Å². The van der Waals surface area contributed by atoms with E-state index in [1.807, 2.05) is 0 Å². The third-order valence-electron chi connectivity index (χ3n) is 2.81. The molecule has 0 aromatic heterocycles. The molecule has 0 saturated carbocycles. The SMILES string of the molecule is CON=C(C)C1(ONC(=O)O)C(=O)N(C)C(=O)N(C)C1=O. The number of hydroxylamine groups is 1. The number of barbiturate groups is 1. The first-order valence-electron chi connectivity index (χ1n) is 5.55. The van der Waals surface area contributed by atoms with E-state index >= 15 is 0 Å². The summed E-state index contributed by atoms with van der Waals surface area (Å²) in [7, 11) is 3.40. The molecule has 0 atom stereocenters. The molecule has 1 aliphatic heterocycles. The molecule has 0 spiro atoms. The maximum absolute atomic E-state index is 12.3. The van der Waals surface area contributed by atoms with Gasteiger partial charge in [-0.15, -0.1) is 0 Å². The van der Waals surface area contributed by atoms with Crippen LogP contribution in [-0.2, 0) is 19.3 Å². The Morgan fingerprint density at radius 2 is 1.71 bits per heavy atom. The predicted octanol–water partition coefficient (Wildman–Crippen LogP) is -1.00. The van der Waals surface area contributed by atoms with Crippen molar-refractivity contribution in [1.29, 1.82) is 0 Å². The van der Waals surface area contributed by atoms with Gasteiger partial charge in [0.25, 0.3) is 17.4 Å². The quantitative estimate of drug-likeness (QED) is 0.385. The molecule has 1 aliphatic rings. The van der Waals surface area contributed by atoms with Crippen LogP contribution in [0.2, 0.25) is 0 Å². The van der Waals surface area contributed by atoms with Crippen molar-refractivity contribution in [2.24, 2.45) is 5.16 Å². The largest absolute Gasteiger partial charge is 0.464 e. The second-order valence-corrected chi connectivity index (χ2v) is 4.06. The van der Waals surface area contributed by atoms with Crippen LogP contribution in [0.1, 0.15) is 6.92 Å². The van der Waals surface area contributed by atoms with Crippen LogP contribution in [0.15, 0.2) is 5.16 Å². The van der Waals surface area contributed by atoms with Crippen LogP contribution in [0.3, 0.4) is 0 Å². The van der Waals surface area contributed by atoms with Crippen molar-refractivity contribution in [3.63, 3.8) is 0 Å². The van der Waals surface area contributed by atoms with Crippen LogP contribution in [-0.4, -0.2) is 71.4 Å². The Kier molecular flexibility index (Phi) is 4.48. The van der Waals surface area contributed by atoms with Gasteiger partial charge < -0.3 is 9.94 Å². The number of carbonyl (C=O) groups is 4. The van der Waals surface area contributed by atoms with E-state index in [-0.39, 0.29) is 5.71 Å². The highest BCUT2D eigenvalue weighted by Crippen LogP contribution is 2.25. The summed E-state index contributed by atoms with van der Waals surface area (Å²) in [5, 5.41) is 12.0. The number of imide groups is 2. The molecule has 0 aromatic carbocycles. The monoisotopic (exact) mass is 302 g/mol. The molecule has 1 heterocycles. The third-order valence-corrected chi connectivity index (χ3v) is 2.81. The minimum atomic E-state index is -2.45.